The zero-order chi connectivity index (χ0) is 22.7. The van der Waals surface area contributed by atoms with Gasteiger partial charge in [0.2, 0.25) is 0 Å². The van der Waals surface area contributed by atoms with Gasteiger partial charge in [0.25, 0.3) is 5.56 Å². The summed E-state index contributed by atoms with van der Waals surface area (Å²) in [5.41, 5.74) is 0.885. The molecule has 1 aliphatic rings. The monoisotopic (exact) mass is 456 g/mol. The maximum absolute atomic E-state index is 15.0. The molecule has 166 valence electrons. The summed E-state index contributed by atoms with van der Waals surface area (Å²) in [6.45, 7) is 0.430. The molecule has 0 radical (unpaired) electrons. The summed E-state index contributed by atoms with van der Waals surface area (Å²) in [7, 11) is 0. The molecule has 1 fully saturated rings. The van der Waals surface area contributed by atoms with Crippen molar-refractivity contribution in [2.45, 2.75) is 25.1 Å². The first-order valence-corrected chi connectivity index (χ1v) is 10.6. The summed E-state index contributed by atoms with van der Waals surface area (Å²) in [5.74, 6) is -0.566. The molecule has 2 unspecified atom stereocenters. The molecule has 2 aromatic carbocycles. The average molecular weight is 457 g/mol. The van der Waals surface area contributed by atoms with Crippen LogP contribution < -0.4 is 21.1 Å². The lowest BCUT2D eigenvalue weighted by Gasteiger charge is -2.39. The lowest BCUT2D eigenvalue weighted by atomic mass is 10.0. The van der Waals surface area contributed by atoms with E-state index in [4.69, 9.17) is 11.6 Å². The summed E-state index contributed by atoms with van der Waals surface area (Å²) in [4.78, 5) is 25.9. The Kier molecular flexibility index (Phi) is 6.43. The van der Waals surface area contributed by atoms with Crippen LogP contribution in [0.1, 0.15) is 12.8 Å². The molecule has 3 N–H and O–H groups in total. The lowest BCUT2D eigenvalue weighted by Crippen LogP contribution is -2.56. The SMILES string of the molecule is O=C(Nc1ccc(Cl)cc1)NC1CCCN(c2ccc(-n3ccccc3=O)cc2F)C1O. The lowest BCUT2D eigenvalue weighted by molar-refractivity contribution is 0.104. The molecule has 0 saturated carbocycles. The van der Waals surface area contributed by atoms with Crippen LogP contribution >= 0.6 is 11.6 Å². The maximum Gasteiger partial charge on any atom is 0.319 e. The van der Waals surface area contributed by atoms with Gasteiger partial charge in [-0.3, -0.25) is 9.36 Å². The number of carbonyl (C=O) groups is 1. The van der Waals surface area contributed by atoms with E-state index in [1.165, 1.54) is 27.7 Å². The molecule has 3 aromatic rings. The van der Waals surface area contributed by atoms with Crippen molar-refractivity contribution >= 4 is 29.0 Å². The van der Waals surface area contributed by atoms with Gasteiger partial charge < -0.3 is 20.6 Å². The molecule has 0 bridgehead atoms. The van der Waals surface area contributed by atoms with E-state index in [9.17, 15) is 19.1 Å². The third-order valence-corrected chi connectivity index (χ3v) is 5.61. The molecule has 2 heterocycles. The van der Waals surface area contributed by atoms with Crippen LogP contribution in [0.5, 0.6) is 0 Å². The number of aromatic nitrogens is 1. The van der Waals surface area contributed by atoms with Crippen LogP contribution in [-0.2, 0) is 0 Å². The van der Waals surface area contributed by atoms with Gasteiger partial charge in [-0.05, 0) is 55.3 Å². The number of aliphatic hydroxyl groups excluding tert-OH is 1. The first-order valence-electron chi connectivity index (χ1n) is 10.2. The van der Waals surface area contributed by atoms with Crippen LogP contribution in [0.2, 0.25) is 5.02 Å². The number of hydrogen-bond acceptors (Lipinski definition) is 4. The van der Waals surface area contributed by atoms with E-state index >= 15 is 0 Å². The number of aliphatic hydroxyl groups is 1. The number of urea groups is 1. The van der Waals surface area contributed by atoms with Gasteiger partial charge in [0, 0.05) is 35.6 Å². The Morgan fingerprint density at radius 1 is 1.12 bits per heavy atom. The highest BCUT2D eigenvalue weighted by Gasteiger charge is 2.32. The van der Waals surface area contributed by atoms with Crippen molar-refractivity contribution in [2.24, 2.45) is 0 Å². The molecule has 7 nitrogen and oxygen atoms in total. The fourth-order valence-electron chi connectivity index (χ4n) is 3.78. The second-order valence-electron chi connectivity index (χ2n) is 7.51. The molecule has 1 aliphatic heterocycles. The largest absolute Gasteiger partial charge is 0.371 e. The molecular weight excluding hydrogens is 435 g/mol. The second kappa shape index (κ2) is 9.42. The van der Waals surface area contributed by atoms with Crippen molar-refractivity contribution in [3.05, 3.63) is 88.1 Å². The fourth-order valence-corrected chi connectivity index (χ4v) is 3.90. The summed E-state index contributed by atoms with van der Waals surface area (Å²) in [6.07, 6.45) is 1.65. The molecule has 32 heavy (non-hydrogen) atoms. The summed E-state index contributed by atoms with van der Waals surface area (Å²) in [6, 6.07) is 14.7. The zero-order valence-electron chi connectivity index (χ0n) is 17.0. The Labute approximate surface area is 189 Å². The average Bonchev–Trinajstić information content (AvgIpc) is 2.77. The number of amides is 2. The van der Waals surface area contributed by atoms with Crippen LogP contribution in [0.3, 0.4) is 0 Å². The molecule has 0 aliphatic carbocycles. The van der Waals surface area contributed by atoms with Gasteiger partial charge in [-0.2, -0.15) is 0 Å². The number of benzene rings is 2. The Bertz CT molecular complexity index is 1170. The van der Waals surface area contributed by atoms with Crippen LogP contribution in [0.25, 0.3) is 5.69 Å². The highest BCUT2D eigenvalue weighted by Crippen LogP contribution is 2.28. The molecule has 4 rings (SSSR count). The molecule has 2 atom stereocenters. The van der Waals surface area contributed by atoms with Gasteiger partial charge in [0.05, 0.1) is 17.4 Å². The van der Waals surface area contributed by atoms with Gasteiger partial charge in [-0.15, -0.1) is 0 Å². The number of rotatable bonds is 4. The molecule has 0 spiro atoms. The van der Waals surface area contributed by atoms with E-state index in [0.29, 0.717) is 35.8 Å². The van der Waals surface area contributed by atoms with Gasteiger partial charge in [0.1, 0.15) is 12.0 Å². The van der Waals surface area contributed by atoms with E-state index in [-0.39, 0.29) is 11.2 Å². The Morgan fingerprint density at radius 3 is 2.62 bits per heavy atom. The quantitative estimate of drug-likeness (QED) is 0.558. The Morgan fingerprint density at radius 2 is 1.91 bits per heavy atom. The topological polar surface area (TPSA) is 86.6 Å². The molecule has 1 aromatic heterocycles. The van der Waals surface area contributed by atoms with Crippen molar-refractivity contribution in [2.75, 3.05) is 16.8 Å². The first kappa shape index (κ1) is 21.9. The van der Waals surface area contributed by atoms with Crippen molar-refractivity contribution < 1.29 is 14.3 Å². The number of nitrogens with zero attached hydrogens (tertiary/aromatic N) is 2. The Balaban J connectivity index is 1.47. The predicted molar refractivity (Wildman–Crippen MR) is 122 cm³/mol. The number of hydrogen-bond donors (Lipinski definition) is 3. The summed E-state index contributed by atoms with van der Waals surface area (Å²) >= 11 is 5.85. The summed E-state index contributed by atoms with van der Waals surface area (Å²) < 4.78 is 16.3. The second-order valence-corrected chi connectivity index (χ2v) is 7.94. The number of pyridine rings is 1. The van der Waals surface area contributed by atoms with Crippen molar-refractivity contribution in [3.8, 4) is 5.69 Å². The van der Waals surface area contributed by atoms with E-state index in [2.05, 4.69) is 10.6 Å². The van der Waals surface area contributed by atoms with Crippen LogP contribution in [0.4, 0.5) is 20.6 Å². The number of nitrogens with one attached hydrogen (secondary N) is 2. The zero-order valence-corrected chi connectivity index (χ0v) is 17.8. The smallest absolute Gasteiger partial charge is 0.319 e. The van der Waals surface area contributed by atoms with Gasteiger partial charge >= 0.3 is 6.03 Å². The fraction of sp³-hybridized carbons (Fsp3) is 0.217. The van der Waals surface area contributed by atoms with E-state index in [1.807, 2.05) is 0 Å². The maximum atomic E-state index is 15.0. The van der Waals surface area contributed by atoms with Crippen LogP contribution in [0, 0.1) is 5.82 Å². The summed E-state index contributed by atoms with van der Waals surface area (Å²) in [5, 5.41) is 16.8. The van der Waals surface area contributed by atoms with Gasteiger partial charge in [-0.1, -0.05) is 17.7 Å². The van der Waals surface area contributed by atoms with E-state index in [1.54, 1.807) is 48.7 Å². The van der Waals surface area contributed by atoms with Crippen molar-refractivity contribution in [1.29, 1.82) is 0 Å². The molecule has 2 amide bonds. The number of piperidine rings is 1. The molecule has 9 heteroatoms. The number of halogens is 2. The predicted octanol–water partition coefficient (Wildman–Crippen LogP) is 3.74. The van der Waals surface area contributed by atoms with Crippen molar-refractivity contribution in [3.63, 3.8) is 0 Å². The van der Waals surface area contributed by atoms with Crippen LogP contribution in [-0.4, -0.2) is 34.5 Å². The van der Waals surface area contributed by atoms with Gasteiger partial charge in [0.15, 0.2) is 0 Å². The standard InChI is InChI=1S/C23H22ClFN4O3/c24-15-6-8-16(9-7-15)26-23(32)27-19-4-3-13-29(22(19)31)20-11-10-17(14-18(20)25)28-12-2-1-5-21(28)30/h1-2,5-12,14,19,22,31H,3-4,13H2,(H2,26,27,32). The Hall–Kier alpha value is -3.36. The minimum absolute atomic E-state index is 0.204. The molecular formula is C23H22ClFN4O3. The third kappa shape index (κ3) is 4.76. The highest BCUT2D eigenvalue weighted by atomic mass is 35.5. The minimum atomic E-state index is -1.11. The van der Waals surface area contributed by atoms with Gasteiger partial charge in [-0.25, -0.2) is 9.18 Å². The third-order valence-electron chi connectivity index (χ3n) is 5.35. The van der Waals surface area contributed by atoms with Crippen molar-refractivity contribution in [1.82, 2.24) is 9.88 Å². The first-order chi connectivity index (χ1) is 15.4. The van der Waals surface area contributed by atoms with E-state index in [0.717, 1.165) is 0 Å². The van der Waals surface area contributed by atoms with E-state index < -0.39 is 24.1 Å². The van der Waals surface area contributed by atoms with Crippen LogP contribution in [0.15, 0.2) is 71.7 Å². The highest BCUT2D eigenvalue weighted by molar-refractivity contribution is 6.30. The number of carbonyl (C=O) groups excluding carboxylic acids is 1. The molecule has 1 saturated heterocycles. The number of anilines is 2. The normalized spacial score (nSPS) is 18.3. The minimum Gasteiger partial charge on any atom is -0.371 e.